The third-order valence-corrected chi connectivity index (χ3v) is 5.98. The molecule has 0 spiro atoms. The van der Waals surface area contributed by atoms with E-state index in [1.54, 1.807) is 37.3 Å². The minimum atomic E-state index is -0.363. The smallest absolute Gasteiger partial charge is 0.254 e. The summed E-state index contributed by atoms with van der Waals surface area (Å²) in [6, 6.07) is 23.0. The van der Waals surface area contributed by atoms with Gasteiger partial charge in [0.2, 0.25) is 5.91 Å². The highest BCUT2D eigenvalue weighted by atomic mass is 16.5. The molecular weight excluding hydrogens is 416 g/mol. The summed E-state index contributed by atoms with van der Waals surface area (Å²) in [6.07, 6.45) is 0.516. The van der Waals surface area contributed by atoms with Crippen LogP contribution < -0.4 is 14.8 Å². The number of methoxy groups -OCH3 is 2. The number of nitrogens with zero attached hydrogens (tertiary/aromatic N) is 1. The molecule has 0 aromatic heterocycles. The van der Waals surface area contributed by atoms with E-state index < -0.39 is 0 Å². The molecule has 1 aliphatic rings. The number of carbonyl (C=O) groups is 2. The van der Waals surface area contributed by atoms with E-state index >= 15 is 0 Å². The second kappa shape index (κ2) is 10.2. The zero-order chi connectivity index (χ0) is 23.2. The van der Waals surface area contributed by atoms with Crippen LogP contribution in [0.25, 0.3) is 11.1 Å². The van der Waals surface area contributed by atoms with Gasteiger partial charge >= 0.3 is 0 Å². The van der Waals surface area contributed by atoms with Crippen LogP contribution in [0.1, 0.15) is 15.9 Å². The topological polar surface area (TPSA) is 67.9 Å². The molecule has 3 aromatic carbocycles. The van der Waals surface area contributed by atoms with Gasteiger partial charge in [0.25, 0.3) is 5.91 Å². The Morgan fingerprint density at radius 3 is 2.52 bits per heavy atom. The van der Waals surface area contributed by atoms with E-state index in [0.29, 0.717) is 37.4 Å². The fourth-order valence-electron chi connectivity index (χ4n) is 4.27. The second-order valence-electron chi connectivity index (χ2n) is 8.03. The Labute approximate surface area is 194 Å². The number of ether oxygens (including phenoxy) is 2. The number of carbonyl (C=O) groups excluding carboxylic acids is 2. The monoisotopic (exact) mass is 444 g/mol. The van der Waals surface area contributed by atoms with Gasteiger partial charge in [0, 0.05) is 30.8 Å². The first-order chi connectivity index (χ1) is 16.1. The van der Waals surface area contributed by atoms with Crippen LogP contribution in [-0.4, -0.2) is 50.6 Å². The molecule has 170 valence electrons. The highest BCUT2D eigenvalue weighted by Crippen LogP contribution is 2.33. The minimum absolute atomic E-state index is 0.0363. The molecule has 6 nitrogen and oxygen atoms in total. The average molecular weight is 445 g/mol. The summed E-state index contributed by atoms with van der Waals surface area (Å²) in [7, 11) is 3.23. The van der Waals surface area contributed by atoms with Gasteiger partial charge in [0.15, 0.2) is 0 Å². The first-order valence-corrected chi connectivity index (χ1v) is 11.0. The molecule has 1 heterocycles. The number of para-hydroxylation sites is 1. The fourth-order valence-corrected chi connectivity index (χ4v) is 4.27. The molecule has 2 amide bonds. The van der Waals surface area contributed by atoms with Crippen LogP contribution in [0.15, 0.2) is 72.8 Å². The zero-order valence-electron chi connectivity index (χ0n) is 18.9. The number of benzene rings is 3. The van der Waals surface area contributed by atoms with Crippen molar-refractivity contribution in [3.63, 3.8) is 0 Å². The number of hydrogen-bond donors (Lipinski definition) is 1. The summed E-state index contributed by atoms with van der Waals surface area (Å²) in [5.74, 6) is 0.911. The van der Waals surface area contributed by atoms with Gasteiger partial charge in [0.1, 0.15) is 11.5 Å². The Morgan fingerprint density at radius 2 is 1.73 bits per heavy atom. The number of rotatable bonds is 6. The van der Waals surface area contributed by atoms with E-state index in [0.717, 1.165) is 22.4 Å². The van der Waals surface area contributed by atoms with Crippen molar-refractivity contribution in [2.24, 2.45) is 5.92 Å². The van der Waals surface area contributed by atoms with Gasteiger partial charge in [-0.1, -0.05) is 48.5 Å². The van der Waals surface area contributed by atoms with Crippen LogP contribution in [0.5, 0.6) is 11.5 Å². The van der Waals surface area contributed by atoms with Crippen molar-refractivity contribution in [3.8, 4) is 22.6 Å². The van der Waals surface area contributed by atoms with Crippen molar-refractivity contribution >= 4 is 11.8 Å². The Hall–Kier alpha value is -3.80. The maximum Gasteiger partial charge on any atom is 0.254 e. The SMILES string of the molecule is COc1cccc(C(=O)N2CCNC(=O)C(Cc3ccccc3-c3ccccc3OC)C2)c1. The van der Waals surface area contributed by atoms with Crippen LogP contribution in [0.2, 0.25) is 0 Å². The first kappa shape index (κ1) is 22.4. The van der Waals surface area contributed by atoms with Crippen molar-refractivity contribution in [2.75, 3.05) is 33.9 Å². The molecule has 6 heteroatoms. The average Bonchev–Trinajstić information content (AvgIpc) is 3.05. The van der Waals surface area contributed by atoms with Gasteiger partial charge in [-0.2, -0.15) is 0 Å². The molecule has 0 bridgehead atoms. The van der Waals surface area contributed by atoms with E-state index in [2.05, 4.69) is 5.32 Å². The van der Waals surface area contributed by atoms with Gasteiger partial charge in [-0.3, -0.25) is 9.59 Å². The van der Waals surface area contributed by atoms with Gasteiger partial charge in [-0.05, 0) is 41.8 Å². The Kier molecular flexibility index (Phi) is 6.93. The minimum Gasteiger partial charge on any atom is -0.497 e. The summed E-state index contributed by atoms with van der Waals surface area (Å²) in [4.78, 5) is 27.9. The molecule has 33 heavy (non-hydrogen) atoms. The normalized spacial score (nSPS) is 16.0. The zero-order valence-corrected chi connectivity index (χ0v) is 18.9. The lowest BCUT2D eigenvalue weighted by molar-refractivity contribution is -0.124. The van der Waals surface area contributed by atoms with E-state index in [9.17, 15) is 9.59 Å². The second-order valence-corrected chi connectivity index (χ2v) is 8.03. The third-order valence-electron chi connectivity index (χ3n) is 5.98. The van der Waals surface area contributed by atoms with Crippen LogP contribution in [0.3, 0.4) is 0 Å². The molecule has 0 aliphatic carbocycles. The Balaban J connectivity index is 1.60. The van der Waals surface area contributed by atoms with Gasteiger partial charge in [-0.15, -0.1) is 0 Å². The Bertz CT molecular complexity index is 1140. The third kappa shape index (κ3) is 5.00. The summed E-state index contributed by atoms with van der Waals surface area (Å²) in [5.41, 5.74) is 3.60. The maximum atomic E-state index is 13.2. The lowest BCUT2D eigenvalue weighted by Gasteiger charge is -2.24. The molecule has 1 fully saturated rings. The molecule has 1 aliphatic heterocycles. The van der Waals surface area contributed by atoms with E-state index in [1.807, 2.05) is 54.6 Å². The molecule has 0 saturated carbocycles. The van der Waals surface area contributed by atoms with Crippen LogP contribution >= 0.6 is 0 Å². The number of hydrogen-bond acceptors (Lipinski definition) is 4. The van der Waals surface area contributed by atoms with Crippen molar-refractivity contribution < 1.29 is 19.1 Å². The standard InChI is InChI=1S/C27H28N2O4/c1-32-22-10-7-9-20(17-22)27(31)29-15-14-28-26(30)21(18-29)16-19-8-3-4-11-23(19)24-12-5-6-13-25(24)33-2/h3-13,17,21H,14-16,18H2,1-2H3,(H,28,30). The molecule has 1 saturated heterocycles. The van der Waals surface area contributed by atoms with Crippen LogP contribution in [0.4, 0.5) is 0 Å². The van der Waals surface area contributed by atoms with E-state index in [1.165, 1.54) is 0 Å². The van der Waals surface area contributed by atoms with Crippen LogP contribution in [0, 0.1) is 5.92 Å². The predicted octanol–water partition coefficient (Wildman–Crippen LogP) is 3.80. The van der Waals surface area contributed by atoms with Crippen molar-refractivity contribution in [1.29, 1.82) is 0 Å². The number of nitrogens with one attached hydrogen (secondary N) is 1. The van der Waals surface area contributed by atoms with Gasteiger partial charge < -0.3 is 19.7 Å². The van der Waals surface area contributed by atoms with Crippen molar-refractivity contribution in [3.05, 3.63) is 83.9 Å². The molecule has 0 radical (unpaired) electrons. The van der Waals surface area contributed by atoms with Crippen molar-refractivity contribution in [2.45, 2.75) is 6.42 Å². The highest BCUT2D eigenvalue weighted by Gasteiger charge is 2.29. The van der Waals surface area contributed by atoms with E-state index in [4.69, 9.17) is 9.47 Å². The van der Waals surface area contributed by atoms with E-state index in [-0.39, 0.29) is 17.7 Å². The molecule has 4 rings (SSSR count). The summed E-state index contributed by atoms with van der Waals surface area (Å²) >= 11 is 0. The molecular formula is C27H28N2O4. The summed E-state index contributed by atoms with van der Waals surface area (Å²) in [5, 5.41) is 2.97. The van der Waals surface area contributed by atoms with Gasteiger partial charge in [0.05, 0.1) is 20.1 Å². The molecule has 1 atom stereocenters. The largest absolute Gasteiger partial charge is 0.497 e. The Morgan fingerprint density at radius 1 is 0.970 bits per heavy atom. The lowest BCUT2D eigenvalue weighted by atomic mass is 9.91. The quantitative estimate of drug-likeness (QED) is 0.628. The molecule has 3 aromatic rings. The van der Waals surface area contributed by atoms with Crippen LogP contribution in [-0.2, 0) is 11.2 Å². The maximum absolute atomic E-state index is 13.2. The number of amides is 2. The summed E-state index contributed by atoms with van der Waals surface area (Å²) in [6.45, 7) is 1.24. The lowest BCUT2D eigenvalue weighted by Crippen LogP contribution is -2.37. The highest BCUT2D eigenvalue weighted by molar-refractivity contribution is 5.95. The first-order valence-electron chi connectivity index (χ1n) is 11.0. The predicted molar refractivity (Wildman–Crippen MR) is 128 cm³/mol. The molecule has 1 unspecified atom stereocenters. The summed E-state index contributed by atoms with van der Waals surface area (Å²) < 4.78 is 10.8. The molecule has 1 N–H and O–H groups in total. The van der Waals surface area contributed by atoms with Gasteiger partial charge in [-0.25, -0.2) is 0 Å². The fraction of sp³-hybridized carbons (Fsp3) is 0.259. The van der Waals surface area contributed by atoms with Crippen molar-refractivity contribution in [1.82, 2.24) is 10.2 Å².